The highest BCUT2D eigenvalue weighted by Gasteiger charge is 2.20. The van der Waals surface area contributed by atoms with Crippen LogP contribution in [0, 0.1) is 5.21 Å². The summed E-state index contributed by atoms with van der Waals surface area (Å²) in [5.41, 5.74) is 5.10. The van der Waals surface area contributed by atoms with Crippen LogP contribution >= 0.6 is 0 Å². The second-order valence-corrected chi connectivity index (χ2v) is 5.14. The average Bonchev–Trinajstić information content (AvgIpc) is 2.83. The lowest BCUT2D eigenvalue weighted by molar-refractivity contribution is 0.357. The normalized spacial score (nSPS) is 18.4. The first kappa shape index (κ1) is 13.0. The summed E-state index contributed by atoms with van der Waals surface area (Å²) in [6.45, 7) is 2.13. The van der Waals surface area contributed by atoms with E-state index in [-0.39, 0.29) is 0 Å². The Morgan fingerprint density at radius 3 is 3.10 bits per heavy atom. The Bertz CT molecular complexity index is 544. The van der Waals surface area contributed by atoms with Crippen LogP contribution in [0.25, 0.3) is 0 Å². The summed E-state index contributed by atoms with van der Waals surface area (Å²) in [7, 11) is 3.97. The van der Waals surface area contributed by atoms with Crippen LogP contribution in [0.5, 0.6) is 5.75 Å². The van der Waals surface area contributed by atoms with Gasteiger partial charge in [0.05, 0.1) is 24.5 Å². The quantitative estimate of drug-likeness (QED) is 0.849. The Balaban J connectivity index is 1.80. The average molecular weight is 276 g/mol. The van der Waals surface area contributed by atoms with Gasteiger partial charge < -0.3 is 25.3 Å². The lowest BCUT2D eigenvalue weighted by Crippen LogP contribution is -2.46. The molecule has 108 valence electrons. The van der Waals surface area contributed by atoms with Crippen molar-refractivity contribution in [2.24, 2.45) is 4.99 Å². The molecule has 0 atom stereocenters. The van der Waals surface area contributed by atoms with Crippen LogP contribution in [-0.2, 0) is 6.42 Å². The molecule has 2 aliphatic heterocycles. The van der Waals surface area contributed by atoms with E-state index in [0.717, 1.165) is 35.1 Å². The number of likely N-dealkylation sites (N-methyl/N-ethyl adjacent to an activating group) is 1. The van der Waals surface area contributed by atoms with Crippen LogP contribution < -0.4 is 20.7 Å². The zero-order chi connectivity index (χ0) is 14.1. The molecule has 0 saturated heterocycles. The summed E-state index contributed by atoms with van der Waals surface area (Å²) in [4.78, 5) is 6.39. The van der Waals surface area contributed by atoms with E-state index >= 15 is 0 Å². The third kappa shape index (κ3) is 2.50. The van der Waals surface area contributed by atoms with E-state index in [1.54, 1.807) is 6.07 Å². The Labute approximate surface area is 117 Å². The van der Waals surface area contributed by atoms with Gasteiger partial charge in [-0.05, 0) is 25.7 Å². The third-order valence-corrected chi connectivity index (χ3v) is 3.30. The zero-order valence-electron chi connectivity index (χ0n) is 11.6. The van der Waals surface area contributed by atoms with Gasteiger partial charge in [-0.2, -0.15) is 0 Å². The van der Waals surface area contributed by atoms with Gasteiger partial charge in [-0.1, -0.05) is 0 Å². The van der Waals surface area contributed by atoms with Crippen molar-refractivity contribution in [1.29, 1.82) is 0 Å². The molecule has 2 heterocycles. The Hall–Kier alpha value is -1.99. The number of hydrogen-bond acceptors (Lipinski definition) is 5. The SMILES string of the molecule is CN(C)CCN=C1Nc2cc3c(cc2N([O-])N1)OCC3. The lowest BCUT2D eigenvalue weighted by Gasteiger charge is -2.38. The third-order valence-electron chi connectivity index (χ3n) is 3.30. The van der Waals surface area contributed by atoms with Gasteiger partial charge in [0.25, 0.3) is 0 Å². The fourth-order valence-electron chi connectivity index (χ4n) is 2.23. The maximum atomic E-state index is 12.0. The molecule has 0 unspecified atom stereocenters. The smallest absolute Gasteiger partial charge is 0.214 e. The molecule has 2 aliphatic rings. The van der Waals surface area contributed by atoms with Gasteiger partial charge in [0, 0.05) is 19.0 Å². The van der Waals surface area contributed by atoms with Crippen molar-refractivity contribution in [2.75, 3.05) is 44.3 Å². The molecule has 0 radical (unpaired) electrons. The minimum atomic E-state index is 0.480. The minimum Gasteiger partial charge on any atom is -0.739 e. The Kier molecular flexibility index (Phi) is 3.37. The summed E-state index contributed by atoms with van der Waals surface area (Å²) < 4.78 is 5.47. The Morgan fingerprint density at radius 1 is 1.45 bits per heavy atom. The van der Waals surface area contributed by atoms with Crippen molar-refractivity contribution < 1.29 is 4.74 Å². The van der Waals surface area contributed by atoms with Gasteiger partial charge in [-0.25, -0.2) is 0 Å². The molecule has 1 aromatic carbocycles. The van der Waals surface area contributed by atoms with Gasteiger partial charge in [0.15, 0.2) is 0 Å². The molecular formula is C13H18N5O2-. The Morgan fingerprint density at radius 2 is 2.30 bits per heavy atom. The first-order chi connectivity index (χ1) is 9.63. The standard InChI is InChI=1S/C13H18N5O2/c1-17(2)5-4-14-13-15-10-7-9-3-6-20-12(9)8-11(10)18(19)16-13/h7-8H,3-6H2,1-2H3,(H2,14,15,16)/q-1. The number of anilines is 2. The van der Waals surface area contributed by atoms with Gasteiger partial charge in [0.1, 0.15) is 5.75 Å². The van der Waals surface area contributed by atoms with Crippen LogP contribution in [0.1, 0.15) is 5.56 Å². The zero-order valence-corrected chi connectivity index (χ0v) is 11.6. The van der Waals surface area contributed by atoms with E-state index in [1.807, 2.05) is 25.1 Å². The number of rotatable bonds is 3. The molecule has 3 rings (SSSR count). The number of aliphatic imine (C=N–C) groups is 1. The van der Waals surface area contributed by atoms with E-state index in [2.05, 4.69) is 15.7 Å². The maximum absolute atomic E-state index is 12.0. The molecule has 7 nitrogen and oxygen atoms in total. The van der Waals surface area contributed by atoms with Crippen molar-refractivity contribution in [3.8, 4) is 5.75 Å². The highest BCUT2D eigenvalue weighted by atomic mass is 16.5. The molecule has 7 heteroatoms. The van der Waals surface area contributed by atoms with Crippen molar-refractivity contribution in [1.82, 2.24) is 10.3 Å². The van der Waals surface area contributed by atoms with E-state index in [9.17, 15) is 5.21 Å². The monoisotopic (exact) mass is 276 g/mol. The van der Waals surface area contributed by atoms with Crippen molar-refractivity contribution in [3.63, 3.8) is 0 Å². The van der Waals surface area contributed by atoms with Gasteiger partial charge in [-0.15, -0.1) is 0 Å². The molecule has 0 amide bonds. The summed E-state index contributed by atoms with van der Waals surface area (Å²) >= 11 is 0. The number of ether oxygens (including phenoxy) is 1. The van der Waals surface area contributed by atoms with E-state index in [1.165, 1.54) is 0 Å². The van der Waals surface area contributed by atoms with Gasteiger partial charge in [0.2, 0.25) is 5.96 Å². The first-order valence-electron chi connectivity index (χ1n) is 6.63. The van der Waals surface area contributed by atoms with Crippen LogP contribution in [0.4, 0.5) is 11.4 Å². The van der Waals surface area contributed by atoms with Gasteiger partial charge in [-0.3, -0.25) is 10.4 Å². The maximum Gasteiger partial charge on any atom is 0.214 e. The van der Waals surface area contributed by atoms with Crippen molar-refractivity contribution in [3.05, 3.63) is 22.9 Å². The molecule has 0 spiro atoms. The molecule has 0 saturated carbocycles. The molecule has 2 N–H and O–H groups in total. The van der Waals surface area contributed by atoms with Crippen LogP contribution in [0.3, 0.4) is 0 Å². The van der Waals surface area contributed by atoms with E-state index < -0.39 is 0 Å². The fraction of sp³-hybridized carbons (Fsp3) is 0.462. The number of nitrogens with zero attached hydrogens (tertiary/aromatic N) is 3. The second kappa shape index (κ2) is 5.18. The van der Waals surface area contributed by atoms with Crippen LogP contribution in [-0.4, -0.2) is 44.7 Å². The number of hydrogen-bond donors (Lipinski definition) is 2. The largest absolute Gasteiger partial charge is 0.739 e. The topological polar surface area (TPSA) is 75.2 Å². The summed E-state index contributed by atoms with van der Waals surface area (Å²) in [6, 6.07) is 3.73. The van der Waals surface area contributed by atoms with E-state index in [4.69, 9.17) is 4.74 Å². The predicted molar refractivity (Wildman–Crippen MR) is 79.1 cm³/mol. The fourth-order valence-corrected chi connectivity index (χ4v) is 2.23. The van der Waals surface area contributed by atoms with Gasteiger partial charge >= 0.3 is 0 Å². The number of benzene rings is 1. The van der Waals surface area contributed by atoms with Crippen molar-refractivity contribution in [2.45, 2.75) is 6.42 Å². The molecule has 0 bridgehead atoms. The summed E-state index contributed by atoms with van der Waals surface area (Å²) in [5.74, 6) is 1.27. The molecular weight excluding hydrogens is 258 g/mol. The first-order valence-corrected chi connectivity index (χ1v) is 6.63. The molecule has 0 aromatic heterocycles. The summed E-state index contributed by atoms with van der Waals surface area (Å²) in [6.07, 6.45) is 0.879. The number of fused-ring (bicyclic) bond motifs is 2. The number of guanidine groups is 1. The minimum absolute atomic E-state index is 0.480. The molecule has 20 heavy (non-hydrogen) atoms. The van der Waals surface area contributed by atoms with E-state index in [0.29, 0.717) is 24.8 Å². The highest BCUT2D eigenvalue weighted by molar-refractivity contribution is 6.01. The lowest BCUT2D eigenvalue weighted by atomic mass is 10.1. The van der Waals surface area contributed by atoms with Crippen molar-refractivity contribution >= 4 is 17.3 Å². The van der Waals surface area contributed by atoms with Crippen LogP contribution in [0.2, 0.25) is 0 Å². The number of nitrogens with one attached hydrogen (secondary N) is 2. The predicted octanol–water partition coefficient (Wildman–Crippen LogP) is 0.773. The number of hydrazine groups is 1. The highest BCUT2D eigenvalue weighted by Crippen LogP contribution is 2.37. The molecule has 0 fully saturated rings. The second-order valence-electron chi connectivity index (χ2n) is 5.14. The molecule has 0 aliphatic carbocycles. The van der Waals surface area contributed by atoms with Crippen LogP contribution in [0.15, 0.2) is 17.1 Å². The summed E-state index contributed by atoms with van der Waals surface area (Å²) in [5, 5.41) is 15.9. The molecule has 1 aromatic rings.